The molecule has 1 N–H and O–H groups in total. The minimum atomic E-state index is 0.615. The summed E-state index contributed by atoms with van der Waals surface area (Å²) in [6.07, 6.45) is 5.03. The van der Waals surface area contributed by atoms with Gasteiger partial charge in [0.1, 0.15) is 6.34 Å². The summed E-state index contributed by atoms with van der Waals surface area (Å²) in [4.78, 5) is 12.6. The zero-order valence-electron chi connectivity index (χ0n) is 6.90. The van der Waals surface area contributed by atoms with Gasteiger partial charge in [0.05, 0.1) is 13.7 Å². The molecule has 1 heterocycles. The summed E-state index contributed by atoms with van der Waals surface area (Å²) in [6.45, 7) is 0.615. The van der Waals surface area contributed by atoms with Crippen LogP contribution in [0.4, 0.5) is 0 Å². The molecule has 4 nitrogen and oxygen atoms in total. The molecule has 0 radical (unpaired) electrons. The van der Waals surface area contributed by atoms with Gasteiger partial charge in [-0.15, -0.1) is 0 Å². The summed E-state index contributed by atoms with van der Waals surface area (Å²) < 4.78 is 0. The molecular weight excluding hydrogens is 154 g/mol. The first-order chi connectivity index (χ1) is 5.93. The highest BCUT2D eigenvalue weighted by molar-refractivity contribution is 5.52. The number of rotatable bonds is 4. The monoisotopic (exact) mass is 165 g/mol. The van der Waals surface area contributed by atoms with E-state index in [2.05, 4.69) is 20.3 Å². The van der Waals surface area contributed by atoms with Crippen molar-refractivity contribution >= 4 is 6.34 Å². The molecule has 0 saturated carbocycles. The van der Waals surface area contributed by atoms with Gasteiger partial charge in [-0.2, -0.15) is 0 Å². The Kier molecular flexibility index (Phi) is 3.80. The van der Waals surface area contributed by atoms with Gasteiger partial charge in [0.25, 0.3) is 0 Å². The van der Waals surface area contributed by atoms with Crippen LogP contribution in [0.1, 0.15) is 5.56 Å². The smallest absolute Gasteiger partial charge is 0.107 e. The lowest BCUT2D eigenvalue weighted by molar-refractivity contribution is 0.148. The molecule has 0 saturated heterocycles. The van der Waals surface area contributed by atoms with Crippen LogP contribution in [-0.2, 0) is 11.4 Å². The summed E-state index contributed by atoms with van der Waals surface area (Å²) in [5, 5.41) is 0. The Bertz CT molecular complexity index is 235. The minimum Gasteiger partial charge on any atom is -0.279 e. The van der Waals surface area contributed by atoms with Gasteiger partial charge in [0.15, 0.2) is 0 Å². The van der Waals surface area contributed by atoms with Crippen molar-refractivity contribution in [2.75, 3.05) is 7.11 Å². The molecule has 0 aliphatic carbocycles. The van der Waals surface area contributed by atoms with E-state index in [4.69, 9.17) is 0 Å². The molecule has 64 valence electrons. The topological polar surface area (TPSA) is 46.5 Å². The molecule has 0 spiro atoms. The molecule has 0 bridgehead atoms. The van der Waals surface area contributed by atoms with Crippen molar-refractivity contribution in [2.45, 2.75) is 6.54 Å². The highest BCUT2D eigenvalue weighted by atomic mass is 16.6. The van der Waals surface area contributed by atoms with Crippen LogP contribution in [0.5, 0.6) is 0 Å². The number of hydrogen-bond donors (Lipinski definition) is 1. The first kappa shape index (κ1) is 8.67. The normalized spacial score (nSPS) is 10.4. The van der Waals surface area contributed by atoms with E-state index in [0.29, 0.717) is 6.54 Å². The third-order valence-electron chi connectivity index (χ3n) is 1.26. The fourth-order valence-electron chi connectivity index (χ4n) is 0.733. The first-order valence-electron chi connectivity index (χ1n) is 3.59. The maximum absolute atomic E-state index is 4.56. The van der Waals surface area contributed by atoms with Crippen molar-refractivity contribution in [3.05, 3.63) is 30.1 Å². The van der Waals surface area contributed by atoms with Gasteiger partial charge >= 0.3 is 0 Å². The van der Waals surface area contributed by atoms with Crippen LogP contribution in [0.2, 0.25) is 0 Å². The third-order valence-corrected chi connectivity index (χ3v) is 1.26. The number of nitrogens with one attached hydrogen (secondary N) is 1. The second-order valence-electron chi connectivity index (χ2n) is 2.15. The van der Waals surface area contributed by atoms with Crippen LogP contribution in [-0.4, -0.2) is 18.4 Å². The average Bonchev–Trinajstić information content (AvgIpc) is 2.14. The van der Waals surface area contributed by atoms with Crippen LogP contribution in [0.15, 0.2) is 29.5 Å². The van der Waals surface area contributed by atoms with E-state index in [1.54, 1.807) is 12.4 Å². The number of aliphatic imine (C=N–C) groups is 1. The van der Waals surface area contributed by atoms with Crippen LogP contribution < -0.4 is 5.48 Å². The lowest BCUT2D eigenvalue weighted by atomic mass is 10.3. The number of hydroxylamine groups is 1. The molecule has 1 aromatic rings. The standard InChI is InChI=1S/C8H11N3O/c1-12-11-7-10-6-8-3-2-4-9-5-8/h2-5,7H,6H2,1H3,(H,10,11). The van der Waals surface area contributed by atoms with Gasteiger partial charge in [-0.3, -0.25) is 20.3 Å². The van der Waals surface area contributed by atoms with Gasteiger partial charge in [0, 0.05) is 12.4 Å². The van der Waals surface area contributed by atoms with Crippen LogP contribution in [0.25, 0.3) is 0 Å². The minimum absolute atomic E-state index is 0.615. The summed E-state index contributed by atoms with van der Waals surface area (Å²) in [7, 11) is 1.54. The predicted molar refractivity (Wildman–Crippen MR) is 46.6 cm³/mol. The first-order valence-corrected chi connectivity index (χ1v) is 3.59. The molecule has 0 aliphatic rings. The molecule has 0 amide bonds. The Morgan fingerprint density at radius 2 is 2.67 bits per heavy atom. The third kappa shape index (κ3) is 3.12. The lowest BCUT2D eigenvalue weighted by Crippen LogP contribution is -2.07. The van der Waals surface area contributed by atoms with E-state index in [1.807, 2.05) is 12.1 Å². The Morgan fingerprint density at radius 1 is 1.75 bits per heavy atom. The summed E-state index contributed by atoms with van der Waals surface area (Å²) in [5.41, 5.74) is 3.58. The van der Waals surface area contributed by atoms with Gasteiger partial charge in [0.2, 0.25) is 0 Å². The Morgan fingerprint density at radius 3 is 3.33 bits per heavy atom. The van der Waals surface area contributed by atoms with Crippen LogP contribution >= 0.6 is 0 Å². The highest BCUT2D eigenvalue weighted by Gasteiger charge is 1.85. The molecule has 0 aromatic carbocycles. The fraction of sp³-hybridized carbons (Fsp3) is 0.250. The number of pyridine rings is 1. The maximum Gasteiger partial charge on any atom is 0.107 e. The molecule has 0 aliphatic heterocycles. The molecule has 1 rings (SSSR count). The number of nitrogens with zero attached hydrogens (tertiary/aromatic N) is 2. The zero-order valence-corrected chi connectivity index (χ0v) is 6.90. The van der Waals surface area contributed by atoms with E-state index < -0.39 is 0 Å². The van der Waals surface area contributed by atoms with E-state index >= 15 is 0 Å². The number of aromatic nitrogens is 1. The van der Waals surface area contributed by atoms with Gasteiger partial charge in [-0.1, -0.05) is 6.07 Å². The van der Waals surface area contributed by atoms with Crippen molar-refractivity contribution < 1.29 is 4.84 Å². The molecule has 0 unspecified atom stereocenters. The Balaban J connectivity index is 2.33. The second-order valence-corrected chi connectivity index (χ2v) is 2.15. The van der Waals surface area contributed by atoms with Crippen molar-refractivity contribution in [2.24, 2.45) is 4.99 Å². The summed E-state index contributed by atoms with van der Waals surface area (Å²) in [6, 6.07) is 3.85. The van der Waals surface area contributed by atoms with E-state index in [1.165, 1.54) is 13.4 Å². The van der Waals surface area contributed by atoms with E-state index in [0.717, 1.165) is 5.56 Å². The molecule has 12 heavy (non-hydrogen) atoms. The molecular formula is C8H11N3O. The van der Waals surface area contributed by atoms with Crippen LogP contribution in [0.3, 0.4) is 0 Å². The van der Waals surface area contributed by atoms with Gasteiger partial charge < -0.3 is 0 Å². The van der Waals surface area contributed by atoms with Crippen LogP contribution in [0, 0.1) is 0 Å². The predicted octanol–water partition coefficient (Wildman–Crippen LogP) is 0.761. The molecule has 0 atom stereocenters. The Labute approximate surface area is 71.3 Å². The van der Waals surface area contributed by atoms with Crippen molar-refractivity contribution in [3.8, 4) is 0 Å². The summed E-state index contributed by atoms with van der Waals surface area (Å²) >= 11 is 0. The number of hydrogen-bond acceptors (Lipinski definition) is 3. The summed E-state index contributed by atoms with van der Waals surface area (Å²) in [5.74, 6) is 0. The van der Waals surface area contributed by atoms with E-state index in [-0.39, 0.29) is 0 Å². The molecule has 4 heteroatoms. The largest absolute Gasteiger partial charge is 0.279 e. The fourth-order valence-corrected chi connectivity index (χ4v) is 0.733. The highest BCUT2D eigenvalue weighted by Crippen LogP contribution is 1.95. The van der Waals surface area contributed by atoms with Gasteiger partial charge in [-0.05, 0) is 11.6 Å². The SMILES string of the molecule is CONC=NCc1cccnc1. The quantitative estimate of drug-likeness (QED) is 0.407. The van der Waals surface area contributed by atoms with E-state index in [9.17, 15) is 0 Å². The van der Waals surface area contributed by atoms with Gasteiger partial charge in [-0.25, -0.2) is 0 Å². The lowest BCUT2D eigenvalue weighted by Gasteiger charge is -1.94. The molecule has 0 fully saturated rings. The van der Waals surface area contributed by atoms with Crippen molar-refractivity contribution in [1.82, 2.24) is 10.5 Å². The molecule has 1 aromatic heterocycles. The zero-order chi connectivity index (χ0) is 8.65. The Hall–Kier alpha value is -1.42. The van der Waals surface area contributed by atoms with Crippen molar-refractivity contribution in [3.63, 3.8) is 0 Å². The average molecular weight is 165 g/mol. The maximum atomic E-state index is 4.56. The second kappa shape index (κ2) is 5.26. The van der Waals surface area contributed by atoms with Crippen molar-refractivity contribution in [1.29, 1.82) is 0 Å².